The Morgan fingerprint density at radius 3 is 2.93 bits per heavy atom. The molecule has 1 amide bonds. The minimum atomic E-state index is -1.11. The van der Waals surface area contributed by atoms with Crippen LogP contribution in [0.15, 0.2) is 18.2 Å². The zero-order valence-electron chi connectivity index (χ0n) is 7.66. The number of aliphatic carboxylic acids is 1. The first-order chi connectivity index (χ1) is 7.09. The molecule has 1 aromatic rings. The zero-order chi connectivity index (χ0) is 11.0. The summed E-state index contributed by atoms with van der Waals surface area (Å²) in [5, 5.41) is 11.2. The summed E-state index contributed by atoms with van der Waals surface area (Å²) < 4.78 is 13.3. The highest BCUT2D eigenvalue weighted by Crippen LogP contribution is 2.33. The molecule has 1 unspecified atom stereocenters. The van der Waals surface area contributed by atoms with Crippen molar-refractivity contribution >= 4 is 17.6 Å². The molecule has 1 heterocycles. The number of carboxylic acid groups (broad SMARTS) is 1. The lowest BCUT2D eigenvalue weighted by molar-refractivity contribution is -0.140. The van der Waals surface area contributed by atoms with Crippen LogP contribution in [0.4, 0.5) is 10.1 Å². The highest BCUT2D eigenvalue weighted by Gasteiger charge is 2.31. The van der Waals surface area contributed by atoms with Gasteiger partial charge in [0.2, 0.25) is 5.91 Å². The number of hydrogen-bond acceptors (Lipinski definition) is 2. The maximum atomic E-state index is 13.3. The minimum absolute atomic E-state index is 0.0128. The summed E-state index contributed by atoms with van der Waals surface area (Å²) in [5.41, 5.74) is 0.309. The molecular formula is C10H8FNO3. The van der Waals surface area contributed by atoms with Crippen LogP contribution >= 0.6 is 0 Å². The first-order valence-electron chi connectivity index (χ1n) is 4.40. The van der Waals surface area contributed by atoms with E-state index in [2.05, 4.69) is 5.32 Å². The molecule has 1 aromatic carbocycles. The standard InChI is InChI=1S/C10H8FNO3/c11-7-3-1-2-5-6(10(14)15)4-8(13)12-9(5)7/h1-3,6H,4H2,(H,12,13)(H,14,15). The summed E-state index contributed by atoms with van der Waals surface area (Å²) in [6.45, 7) is 0. The van der Waals surface area contributed by atoms with Crippen LogP contribution in [0.25, 0.3) is 0 Å². The Balaban J connectivity index is 2.55. The van der Waals surface area contributed by atoms with Crippen molar-refractivity contribution in [2.75, 3.05) is 5.32 Å². The second-order valence-electron chi connectivity index (χ2n) is 3.35. The average molecular weight is 209 g/mol. The molecule has 2 N–H and O–H groups in total. The molecule has 78 valence electrons. The van der Waals surface area contributed by atoms with Gasteiger partial charge in [0.1, 0.15) is 5.82 Å². The fourth-order valence-corrected chi connectivity index (χ4v) is 1.67. The molecule has 0 radical (unpaired) electrons. The number of nitrogens with one attached hydrogen (secondary N) is 1. The van der Waals surface area contributed by atoms with Gasteiger partial charge in [-0.15, -0.1) is 0 Å². The van der Waals surface area contributed by atoms with Crippen molar-refractivity contribution in [1.82, 2.24) is 0 Å². The number of hydrogen-bond donors (Lipinski definition) is 2. The minimum Gasteiger partial charge on any atom is -0.481 e. The van der Waals surface area contributed by atoms with Crippen LogP contribution < -0.4 is 5.32 Å². The highest BCUT2D eigenvalue weighted by molar-refractivity contribution is 5.99. The van der Waals surface area contributed by atoms with E-state index in [1.165, 1.54) is 18.2 Å². The smallest absolute Gasteiger partial charge is 0.311 e. The van der Waals surface area contributed by atoms with Gasteiger partial charge >= 0.3 is 5.97 Å². The Hall–Kier alpha value is -1.91. The van der Waals surface area contributed by atoms with Crippen molar-refractivity contribution in [3.63, 3.8) is 0 Å². The van der Waals surface area contributed by atoms with E-state index in [1.54, 1.807) is 0 Å². The van der Waals surface area contributed by atoms with E-state index in [1.807, 2.05) is 0 Å². The number of para-hydroxylation sites is 1. The Labute approximate surface area is 84.7 Å². The van der Waals surface area contributed by atoms with Crippen LogP contribution in [0.2, 0.25) is 0 Å². The van der Waals surface area contributed by atoms with Crippen LogP contribution in [0.5, 0.6) is 0 Å². The summed E-state index contributed by atoms with van der Waals surface area (Å²) in [7, 11) is 0. The highest BCUT2D eigenvalue weighted by atomic mass is 19.1. The van der Waals surface area contributed by atoms with Gasteiger partial charge in [0.05, 0.1) is 11.6 Å². The van der Waals surface area contributed by atoms with E-state index in [0.29, 0.717) is 5.56 Å². The third kappa shape index (κ3) is 1.56. The van der Waals surface area contributed by atoms with Crippen LogP contribution in [-0.4, -0.2) is 17.0 Å². The Kier molecular flexibility index (Phi) is 2.15. The number of carboxylic acids is 1. The number of halogens is 1. The SMILES string of the molecule is O=C1CC(C(=O)O)c2cccc(F)c2N1. The molecule has 4 nitrogen and oxygen atoms in total. The first-order valence-corrected chi connectivity index (χ1v) is 4.40. The molecule has 15 heavy (non-hydrogen) atoms. The van der Waals surface area contributed by atoms with Gasteiger partial charge in [0.25, 0.3) is 0 Å². The van der Waals surface area contributed by atoms with Crippen molar-refractivity contribution in [2.24, 2.45) is 0 Å². The number of benzene rings is 1. The number of amides is 1. The fourth-order valence-electron chi connectivity index (χ4n) is 1.67. The van der Waals surface area contributed by atoms with Gasteiger partial charge in [-0.1, -0.05) is 12.1 Å². The Bertz CT molecular complexity index is 444. The van der Waals surface area contributed by atoms with Gasteiger partial charge in [-0.05, 0) is 11.6 Å². The first kappa shape index (κ1) is 9.64. The molecule has 1 aliphatic heterocycles. The van der Waals surface area contributed by atoms with Crippen molar-refractivity contribution in [3.8, 4) is 0 Å². The zero-order valence-corrected chi connectivity index (χ0v) is 7.66. The van der Waals surface area contributed by atoms with Gasteiger partial charge in [-0.2, -0.15) is 0 Å². The third-order valence-corrected chi connectivity index (χ3v) is 2.37. The van der Waals surface area contributed by atoms with E-state index >= 15 is 0 Å². The van der Waals surface area contributed by atoms with Gasteiger partial charge in [-0.25, -0.2) is 4.39 Å². The van der Waals surface area contributed by atoms with Gasteiger partial charge in [0, 0.05) is 6.42 Å². The van der Waals surface area contributed by atoms with Crippen LogP contribution in [0.1, 0.15) is 17.9 Å². The fraction of sp³-hybridized carbons (Fsp3) is 0.200. The molecule has 1 atom stereocenters. The van der Waals surface area contributed by atoms with E-state index in [4.69, 9.17) is 5.11 Å². The summed E-state index contributed by atoms with van der Waals surface area (Å²) in [4.78, 5) is 22.0. The number of fused-ring (bicyclic) bond motifs is 1. The number of carbonyl (C=O) groups is 2. The normalized spacial score (nSPS) is 19.3. The lowest BCUT2D eigenvalue weighted by Crippen LogP contribution is -2.27. The van der Waals surface area contributed by atoms with E-state index in [-0.39, 0.29) is 12.1 Å². The topological polar surface area (TPSA) is 66.4 Å². The molecule has 0 bridgehead atoms. The second kappa shape index (κ2) is 3.34. The van der Waals surface area contributed by atoms with Crippen molar-refractivity contribution < 1.29 is 19.1 Å². The number of anilines is 1. The van der Waals surface area contributed by atoms with Crippen molar-refractivity contribution in [1.29, 1.82) is 0 Å². The quantitative estimate of drug-likeness (QED) is 0.733. The van der Waals surface area contributed by atoms with Gasteiger partial charge in [0.15, 0.2) is 0 Å². The lowest BCUT2D eigenvalue weighted by Gasteiger charge is -2.22. The molecule has 5 heteroatoms. The largest absolute Gasteiger partial charge is 0.481 e. The van der Waals surface area contributed by atoms with Gasteiger partial charge in [-0.3, -0.25) is 9.59 Å². The van der Waals surface area contributed by atoms with Crippen LogP contribution in [-0.2, 0) is 9.59 Å². The van der Waals surface area contributed by atoms with Gasteiger partial charge < -0.3 is 10.4 Å². The second-order valence-corrected chi connectivity index (χ2v) is 3.35. The van der Waals surface area contributed by atoms with E-state index < -0.39 is 23.6 Å². The summed E-state index contributed by atoms with van der Waals surface area (Å²) in [5.74, 6) is -3.15. The molecule has 0 aromatic heterocycles. The Morgan fingerprint density at radius 2 is 2.27 bits per heavy atom. The van der Waals surface area contributed by atoms with E-state index in [9.17, 15) is 14.0 Å². The molecule has 0 saturated carbocycles. The van der Waals surface area contributed by atoms with Crippen molar-refractivity contribution in [2.45, 2.75) is 12.3 Å². The van der Waals surface area contributed by atoms with Crippen LogP contribution in [0.3, 0.4) is 0 Å². The summed E-state index contributed by atoms with van der Waals surface area (Å²) in [6, 6.07) is 4.13. The third-order valence-electron chi connectivity index (χ3n) is 2.37. The maximum absolute atomic E-state index is 13.3. The van der Waals surface area contributed by atoms with Crippen LogP contribution in [0, 0.1) is 5.82 Å². The molecule has 0 aliphatic carbocycles. The molecular weight excluding hydrogens is 201 g/mol. The predicted octanol–water partition coefficient (Wildman–Crippen LogP) is 1.34. The summed E-state index contributed by atoms with van der Waals surface area (Å²) in [6.07, 6.45) is -0.147. The molecule has 1 aliphatic rings. The number of rotatable bonds is 1. The predicted molar refractivity (Wildman–Crippen MR) is 50.0 cm³/mol. The molecule has 2 rings (SSSR count). The molecule has 0 spiro atoms. The van der Waals surface area contributed by atoms with E-state index in [0.717, 1.165) is 0 Å². The Morgan fingerprint density at radius 1 is 1.53 bits per heavy atom. The monoisotopic (exact) mass is 209 g/mol. The maximum Gasteiger partial charge on any atom is 0.311 e. The molecule has 0 saturated heterocycles. The summed E-state index contributed by atoms with van der Waals surface area (Å²) >= 11 is 0. The molecule has 0 fully saturated rings. The number of carbonyl (C=O) groups excluding carboxylic acids is 1. The van der Waals surface area contributed by atoms with Crippen molar-refractivity contribution in [3.05, 3.63) is 29.6 Å². The lowest BCUT2D eigenvalue weighted by atomic mass is 9.90. The average Bonchev–Trinajstić information content (AvgIpc) is 2.18.